The molecule has 1 N–H and O–H groups in total. The van der Waals surface area contributed by atoms with E-state index in [-0.39, 0.29) is 5.56 Å². The van der Waals surface area contributed by atoms with Crippen LogP contribution in [0.5, 0.6) is 5.75 Å². The average Bonchev–Trinajstić information content (AvgIpc) is 2.23. The van der Waals surface area contributed by atoms with Gasteiger partial charge in [-0.2, -0.15) is 0 Å². The summed E-state index contributed by atoms with van der Waals surface area (Å²) in [6, 6.07) is 5.12. The first-order valence-corrected chi connectivity index (χ1v) is 5.62. The third kappa shape index (κ3) is 4.44. The molecular formula is C13H19NO3. The number of benzene rings is 1. The maximum absolute atomic E-state index is 11.0. The van der Waals surface area contributed by atoms with Crippen molar-refractivity contribution in [3.05, 3.63) is 29.3 Å². The number of aryl methyl sites for hydroxylation is 1. The minimum Gasteiger partial charge on any atom is -0.493 e. The highest BCUT2D eigenvalue weighted by atomic mass is 16.5. The van der Waals surface area contributed by atoms with Gasteiger partial charge in [-0.05, 0) is 45.1 Å². The highest BCUT2D eigenvalue weighted by molar-refractivity contribution is 5.90. The van der Waals surface area contributed by atoms with Crippen molar-refractivity contribution in [2.24, 2.45) is 0 Å². The van der Waals surface area contributed by atoms with Crippen molar-refractivity contribution >= 4 is 5.97 Å². The number of rotatable bonds is 6. The number of nitrogens with zero attached hydrogens (tertiary/aromatic N) is 1. The van der Waals surface area contributed by atoms with Crippen molar-refractivity contribution in [1.29, 1.82) is 0 Å². The zero-order valence-electron chi connectivity index (χ0n) is 10.6. The monoisotopic (exact) mass is 237 g/mol. The SMILES string of the molecule is Cc1ccc(C(=O)O)c(OCCCN(C)C)c1. The summed E-state index contributed by atoms with van der Waals surface area (Å²) in [5.74, 6) is -0.496. The standard InChI is InChI=1S/C13H19NO3/c1-10-5-6-11(13(15)16)12(9-10)17-8-4-7-14(2)3/h5-6,9H,4,7-8H2,1-3H3,(H,15,16). The second-order valence-corrected chi connectivity index (χ2v) is 4.31. The van der Waals surface area contributed by atoms with Gasteiger partial charge in [0, 0.05) is 6.54 Å². The van der Waals surface area contributed by atoms with Crippen LogP contribution in [0.3, 0.4) is 0 Å². The van der Waals surface area contributed by atoms with Gasteiger partial charge in [0.25, 0.3) is 0 Å². The second-order valence-electron chi connectivity index (χ2n) is 4.31. The molecule has 0 amide bonds. The van der Waals surface area contributed by atoms with E-state index < -0.39 is 5.97 Å². The van der Waals surface area contributed by atoms with E-state index in [2.05, 4.69) is 4.90 Å². The Labute approximate surface area is 102 Å². The van der Waals surface area contributed by atoms with Crippen LogP contribution in [0, 0.1) is 6.92 Å². The van der Waals surface area contributed by atoms with Gasteiger partial charge < -0.3 is 14.7 Å². The lowest BCUT2D eigenvalue weighted by Gasteiger charge is -2.12. The minimum absolute atomic E-state index is 0.223. The van der Waals surface area contributed by atoms with Crippen LogP contribution in [0.25, 0.3) is 0 Å². The zero-order chi connectivity index (χ0) is 12.8. The highest BCUT2D eigenvalue weighted by Gasteiger charge is 2.10. The molecule has 1 aromatic carbocycles. The van der Waals surface area contributed by atoms with Gasteiger partial charge in [-0.15, -0.1) is 0 Å². The van der Waals surface area contributed by atoms with E-state index in [1.54, 1.807) is 18.2 Å². The summed E-state index contributed by atoms with van der Waals surface area (Å²) in [7, 11) is 3.99. The van der Waals surface area contributed by atoms with Crippen molar-refractivity contribution < 1.29 is 14.6 Å². The Hall–Kier alpha value is -1.55. The molecule has 0 bridgehead atoms. The number of hydrogen-bond acceptors (Lipinski definition) is 3. The number of hydrogen-bond donors (Lipinski definition) is 1. The molecule has 4 heteroatoms. The average molecular weight is 237 g/mol. The van der Waals surface area contributed by atoms with Gasteiger partial charge in [-0.3, -0.25) is 0 Å². The lowest BCUT2D eigenvalue weighted by atomic mass is 10.1. The Bertz CT molecular complexity index is 388. The molecule has 94 valence electrons. The quantitative estimate of drug-likeness (QED) is 0.769. The summed E-state index contributed by atoms with van der Waals surface area (Å²) in [6.45, 7) is 3.37. The molecule has 0 saturated carbocycles. The number of carboxylic acids is 1. The van der Waals surface area contributed by atoms with E-state index in [1.807, 2.05) is 21.0 Å². The lowest BCUT2D eigenvalue weighted by Crippen LogP contribution is -2.16. The summed E-state index contributed by atoms with van der Waals surface area (Å²) in [6.07, 6.45) is 0.875. The fourth-order valence-electron chi connectivity index (χ4n) is 1.49. The summed E-state index contributed by atoms with van der Waals surface area (Å²) >= 11 is 0. The van der Waals surface area contributed by atoms with Crippen molar-refractivity contribution in [3.8, 4) is 5.75 Å². The molecule has 0 aliphatic rings. The Morgan fingerprint density at radius 2 is 2.12 bits per heavy atom. The molecule has 1 aromatic rings. The molecule has 0 heterocycles. The fraction of sp³-hybridized carbons (Fsp3) is 0.462. The molecule has 0 unspecified atom stereocenters. The van der Waals surface area contributed by atoms with E-state index in [9.17, 15) is 4.79 Å². The van der Waals surface area contributed by atoms with Crippen molar-refractivity contribution in [1.82, 2.24) is 4.90 Å². The van der Waals surface area contributed by atoms with Gasteiger partial charge in [0.05, 0.1) is 6.61 Å². The Morgan fingerprint density at radius 1 is 1.41 bits per heavy atom. The Balaban J connectivity index is 2.62. The molecule has 1 rings (SSSR count). The largest absolute Gasteiger partial charge is 0.493 e. The molecule has 0 spiro atoms. The topological polar surface area (TPSA) is 49.8 Å². The van der Waals surface area contributed by atoms with Crippen LogP contribution in [0.2, 0.25) is 0 Å². The molecule has 0 atom stereocenters. The summed E-state index contributed by atoms with van der Waals surface area (Å²) < 4.78 is 5.52. The van der Waals surface area contributed by atoms with Crippen LogP contribution >= 0.6 is 0 Å². The summed E-state index contributed by atoms with van der Waals surface area (Å²) in [4.78, 5) is 13.1. The van der Waals surface area contributed by atoms with Crippen molar-refractivity contribution in [2.45, 2.75) is 13.3 Å². The first-order valence-electron chi connectivity index (χ1n) is 5.62. The van der Waals surface area contributed by atoms with E-state index >= 15 is 0 Å². The number of aromatic carboxylic acids is 1. The van der Waals surface area contributed by atoms with Gasteiger partial charge in [-0.1, -0.05) is 6.07 Å². The van der Waals surface area contributed by atoms with Crippen LogP contribution in [0.15, 0.2) is 18.2 Å². The number of ether oxygens (including phenoxy) is 1. The zero-order valence-corrected chi connectivity index (χ0v) is 10.6. The van der Waals surface area contributed by atoms with Crippen molar-refractivity contribution in [2.75, 3.05) is 27.2 Å². The molecule has 4 nitrogen and oxygen atoms in total. The normalized spacial score (nSPS) is 10.6. The lowest BCUT2D eigenvalue weighted by molar-refractivity contribution is 0.0692. The number of carboxylic acid groups (broad SMARTS) is 1. The summed E-state index contributed by atoms with van der Waals surface area (Å²) in [5.41, 5.74) is 1.22. The summed E-state index contributed by atoms with van der Waals surface area (Å²) in [5, 5.41) is 9.01. The van der Waals surface area contributed by atoms with Crippen LogP contribution in [-0.2, 0) is 0 Å². The number of carbonyl (C=O) groups is 1. The minimum atomic E-state index is -0.951. The first-order chi connectivity index (χ1) is 8.00. The molecule has 0 radical (unpaired) electrons. The van der Waals surface area contributed by atoms with Gasteiger partial charge in [0.15, 0.2) is 0 Å². The van der Waals surface area contributed by atoms with Gasteiger partial charge in [-0.25, -0.2) is 4.79 Å². The van der Waals surface area contributed by atoms with E-state index in [4.69, 9.17) is 9.84 Å². The van der Waals surface area contributed by atoms with Crippen LogP contribution in [0.1, 0.15) is 22.3 Å². The third-order valence-electron chi connectivity index (χ3n) is 2.37. The molecule has 0 aliphatic heterocycles. The van der Waals surface area contributed by atoms with Crippen LogP contribution in [0.4, 0.5) is 0 Å². The molecule has 0 saturated heterocycles. The molecule has 17 heavy (non-hydrogen) atoms. The van der Waals surface area contributed by atoms with Gasteiger partial charge >= 0.3 is 5.97 Å². The van der Waals surface area contributed by atoms with E-state index in [0.717, 1.165) is 18.5 Å². The Kier molecular flexibility index (Phi) is 4.97. The maximum Gasteiger partial charge on any atom is 0.339 e. The predicted molar refractivity (Wildman–Crippen MR) is 66.8 cm³/mol. The van der Waals surface area contributed by atoms with Gasteiger partial charge in [0.1, 0.15) is 11.3 Å². The molecule has 0 aromatic heterocycles. The molecular weight excluding hydrogens is 218 g/mol. The van der Waals surface area contributed by atoms with Crippen LogP contribution < -0.4 is 4.74 Å². The van der Waals surface area contributed by atoms with Crippen LogP contribution in [-0.4, -0.2) is 43.2 Å². The molecule has 0 aliphatic carbocycles. The smallest absolute Gasteiger partial charge is 0.339 e. The second kappa shape index (κ2) is 6.25. The van der Waals surface area contributed by atoms with Gasteiger partial charge in [0.2, 0.25) is 0 Å². The Morgan fingerprint density at radius 3 is 2.71 bits per heavy atom. The highest BCUT2D eigenvalue weighted by Crippen LogP contribution is 2.20. The van der Waals surface area contributed by atoms with E-state index in [1.165, 1.54) is 0 Å². The maximum atomic E-state index is 11.0. The first kappa shape index (κ1) is 13.5. The third-order valence-corrected chi connectivity index (χ3v) is 2.37. The van der Waals surface area contributed by atoms with Crippen molar-refractivity contribution in [3.63, 3.8) is 0 Å². The predicted octanol–water partition coefficient (Wildman–Crippen LogP) is 2.02. The molecule has 0 fully saturated rings. The fourth-order valence-corrected chi connectivity index (χ4v) is 1.49. The van der Waals surface area contributed by atoms with E-state index in [0.29, 0.717) is 12.4 Å².